The maximum absolute atomic E-state index is 11.8. The fourth-order valence-electron chi connectivity index (χ4n) is 1.68. The van der Waals surface area contributed by atoms with Gasteiger partial charge in [0.25, 0.3) is 0 Å². The van der Waals surface area contributed by atoms with E-state index in [2.05, 4.69) is 11.2 Å². The molecule has 1 N–H and O–H groups in total. The standard InChI is InChI=1S/C16H19NO/c1-4-16(5-2,6-3)17-15(18)13-12-14-10-8-7-9-11-14/h1,7-13H,5-6H2,2-3H3,(H,17,18)/b13-12+. The highest BCUT2D eigenvalue weighted by Crippen LogP contribution is 2.13. The van der Waals surface area contributed by atoms with Crippen LogP contribution in [0.15, 0.2) is 36.4 Å². The van der Waals surface area contributed by atoms with Gasteiger partial charge in [0.15, 0.2) is 0 Å². The molecule has 0 heterocycles. The summed E-state index contributed by atoms with van der Waals surface area (Å²) in [6.07, 6.45) is 10.3. The van der Waals surface area contributed by atoms with Crippen LogP contribution >= 0.6 is 0 Å². The summed E-state index contributed by atoms with van der Waals surface area (Å²) < 4.78 is 0. The van der Waals surface area contributed by atoms with Crippen molar-refractivity contribution in [3.63, 3.8) is 0 Å². The fourth-order valence-corrected chi connectivity index (χ4v) is 1.68. The fraction of sp³-hybridized carbons (Fsp3) is 0.312. The molecule has 1 amide bonds. The second kappa shape index (κ2) is 6.66. The van der Waals surface area contributed by atoms with Crippen LogP contribution in [0.4, 0.5) is 0 Å². The average Bonchev–Trinajstić information content (AvgIpc) is 2.44. The summed E-state index contributed by atoms with van der Waals surface area (Å²) in [5, 5.41) is 2.89. The van der Waals surface area contributed by atoms with Crippen molar-refractivity contribution in [2.75, 3.05) is 0 Å². The summed E-state index contributed by atoms with van der Waals surface area (Å²) in [5.74, 6) is 2.53. The van der Waals surface area contributed by atoms with E-state index >= 15 is 0 Å². The van der Waals surface area contributed by atoms with E-state index < -0.39 is 5.54 Å². The molecule has 0 saturated carbocycles. The molecule has 0 saturated heterocycles. The highest BCUT2D eigenvalue weighted by Gasteiger charge is 2.23. The number of terminal acetylenes is 1. The Labute approximate surface area is 109 Å². The zero-order chi connectivity index (χ0) is 13.4. The van der Waals surface area contributed by atoms with E-state index in [-0.39, 0.29) is 5.91 Å². The maximum atomic E-state index is 11.8. The summed E-state index contributed by atoms with van der Waals surface area (Å²) in [6.45, 7) is 3.95. The molecule has 0 unspecified atom stereocenters. The molecular weight excluding hydrogens is 222 g/mol. The Balaban J connectivity index is 2.68. The third-order valence-corrected chi connectivity index (χ3v) is 3.07. The first-order chi connectivity index (χ1) is 8.65. The zero-order valence-electron chi connectivity index (χ0n) is 10.9. The monoisotopic (exact) mass is 241 g/mol. The number of nitrogens with one attached hydrogen (secondary N) is 1. The highest BCUT2D eigenvalue weighted by atomic mass is 16.1. The zero-order valence-corrected chi connectivity index (χ0v) is 10.9. The summed E-state index contributed by atoms with van der Waals surface area (Å²) in [6, 6.07) is 9.69. The number of rotatable bonds is 5. The Morgan fingerprint density at radius 2 is 1.94 bits per heavy atom. The third kappa shape index (κ3) is 3.78. The molecule has 1 rings (SSSR count). The van der Waals surface area contributed by atoms with Gasteiger partial charge in [0, 0.05) is 6.08 Å². The van der Waals surface area contributed by atoms with Crippen LogP contribution in [0.3, 0.4) is 0 Å². The second-order valence-electron chi connectivity index (χ2n) is 4.17. The van der Waals surface area contributed by atoms with E-state index in [4.69, 9.17) is 6.42 Å². The number of hydrogen-bond acceptors (Lipinski definition) is 1. The molecule has 0 aliphatic heterocycles. The van der Waals surface area contributed by atoms with E-state index in [1.165, 1.54) is 6.08 Å². The molecule has 2 heteroatoms. The summed E-state index contributed by atoms with van der Waals surface area (Å²) in [7, 11) is 0. The lowest BCUT2D eigenvalue weighted by Crippen LogP contribution is -2.45. The van der Waals surface area contributed by atoms with Crippen molar-refractivity contribution in [3.8, 4) is 12.3 Å². The third-order valence-electron chi connectivity index (χ3n) is 3.07. The van der Waals surface area contributed by atoms with Gasteiger partial charge in [0.2, 0.25) is 5.91 Å². The largest absolute Gasteiger partial charge is 0.336 e. The van der Waals surface area contributed by atoms with Crippen LogP contribution in [-0.4, -0.2) is 11.4 Å². The minimum atomic E-state index is -0.530. The molecule has 0 aromatic heterocycles. The van der Waals surface area contributed by atoms with E-state index in [0.717, 1.165) is 18.4 Å². The van der Waals surface area contributed by atoms with Gasteiger partial charge in [-0.15, -0.1) is 6.42 Å². The van der Waals surface area contributed by atoms with Gasteiger partial charge in [0.1, 0.15) is 5.54 Å². The molecule has 0 radical (unpaired) electrons. The van der Waals surface area contributed by atoms with Crippen LogP contribution < -0.4 is 5.32 Å². The van der Waals surface area contributed by atoms with Crippen molar-refractivity contribution in [3.05, 3.63) is 42.0 Å². The SMILES string of the molecule is C#CC(CC)(CC)NC(=O)/C=C/c1ccccc1. The van der Waals surface area contributed by atoms with Crippen molar-refractivity contribution < 1.29 is 4.79 Å². The summed E-state index contributed by atoms with van der Waals surface area (Å²) in [5.41, 5.74) is 0.463. The van der Waals surface area contributed by atoms with Crippen LogP contribution in [0.2, 0.25) is 0 Å². The number of benzene rings is 1. The Bertz CT molecular complexity index is 450. The van der Waals surface area contributed by atoms with Crippen LogP contribution in [0.25, 0.3) is 6.08 Å². The van der Waals surface area contributed by atoms with Crippen molar-refractivity contribution in [2.24, 2.45) is 0 Å². The van der Waals surface area contributed by atoms with Crippen LogP contribution in [0.5, 0.6) is 0 Å². The highest BCUT2D eigenvalue weighted by molar-refractivity contribution is 5.92. The molecule has 0 atom stereocenters. The van der Waals surface area contributed by atoms with E-state index in [1.807, 2.05) is 44.2 Å². The molecule has 0 aliphatic rings. The second-order valence-corrected chi connectivity index (χ2v) is 4.17. The van der Waals surface area contributed by atoms with Gasteiger partial charge < -0.3 is 5.32 Å². The number of amides is 1. The van der Waals surface area contributed by atoms with Crippen molar-refractivity contribution >= 4 is 12.0 Å². The van der Waals surface area contributed by atoms with Gasteiger partial charge in [-0.1, -0.05) is 50.1 Å². The molecule has 0 spiro atoms. The predicted octanol–water partition coefficient (Wildman–Crippen LogP) is 3.01. The molecule has 0 fully saturated rings. The van der Waals surface area contributed by atoms with Gasteiger partial charge in [0.05, 0.1) is 0 Å². The molecule has 0 bridgehead atoms. The van der Waals surface area contributed by atoms with Gasteiger partial charge >= 0.3 is 0 Å². The Morgan fingerprint density at radius 1 is 1.33 bits per heavy atom. The molecule has 18 heavy (non-hydrogen) atoms. The van der Waals surface area contributed by atoms with Crippen molar-refractivity contribution in [1.29, 1.82) is 0 Å². The Morgan fingerprint density at radius 3 is 2.44 bits per heavy atom. The molecule has 1 aromatic rings. The first kappa shape index (κ1) is 14.1. The molecular formula is C16H19NO. The molecule has 0 aliphatic carbocycles. The lowest BCUT2D eigenvalue weighted by molar-refractivity contribution is -0.117. The summed E-state index contributed by atoms with van der Waals surface area (Å²) >= 11 is 0. The van der Waals surface area contributed by atoms with E-state index in [1.54, 1.807) is 6.08 Å². The quantitative estimate of drug-likeness (QED) is 0.623. The predicted molar refractivity (Wildman–Crippen MR) is 75.8 cm³/mol. The number of carbonyl (C=O) groups is 1. The lowest BCUT2D eigenvalue weighted by Gasteiger charge is -2.26. The summed E-state index contributed by atoms with van der Waals surface area (Å²) in [4.78, 5) is 11.8. The molecule has 1 aromatic carbocycles. The Kier molecular flexibility index (Phi) is 5.20. The molecule has 94 valence electrons. The first-order valence-electron chi connectivity index (χ1n) is 6.19. The minimum absolute atomic E-state index is 0.152. The van der Waals surface area contributed by atoms with Crippen LogP contribution in [0.1, 0.15) is 32.3 Å². The Hall–Kier alpha value is -2.01. The maximum Gasteiger partial charge on any atom is 0.245 e. The van der Waals surface area contributed by atoms with Crippen molar-refractivity contribution in [2.45, 2.75) is 32.2 Å². The first-order valence-corrected chi connectivity index (χ1v) is 6.19. The average molecular weight is 241 g/mol. The van der Waals surface area contributed by atoms with E-state index in [0.29, 0.717) is 0 Å². The topological polar surface area (TPSA) is 29.1 Å². The van der Waals surface area contributed by atoms with Crippen molar-refractivity contribution in [1.82, 2.24) is 5.32 Å². The van der Waals surface area contributed by atoms with E-state index in [9.17, 15) is 4.79 Å². The smallest absolute Gasteiger partial charge is 0.245 e. The number of hydrogen-bond donors (Lipinski definition) is 1. The number of carbonyl (C=O) groups excluding carboxylic acids is 1. The van der Waals surface area contributed by atoms with Gasteiger partial charge in [-0.25, -0.2) is 0 Å². The molecule has 2 nitrogen and oxygen atoms in total. The van der Waals surface area contributed by atoms with Crippen LogP contribution in [-0.2, 0) is 4.79 Å². The minimum Gasteiger partial charge on any atom is -0.336 e. The van der Waals surface area contributed by atoms with Gasteiger partial charge in [-0.3, -0.25) is 4.79 Å². The van der Waals surface area contributed by atoms with Gasteiger partial charge in [-0.05, 0) is 24.5 Å². The normalized spacial score (nSPS) is 11.2. The van der Waals surface area contributed by atoms with Crippen LogP contribution in [0, 0.1) is 12.3 Å². The lowest BCUT2D eigenvalue weighted by atomic mass is 9.94. The van der Waals surface area contributed by atoms with Gasteiger partial charge in [-0.2, -0.15) is 0 Å².